The molecule has 2 amide bonds. The van der Waals surface area contributed by atoms with Crippen molar-refractivity contribution in [2.24, 2.45) is 5.92 Å². The highest BCUT2D eigenvalue weighted by molar-refractivity contribution is 5.93. The van der Waals surface area contributed by atoms with Gasteiger partial charge in [0.2, 0.25) is 11.8 Å². The van der Waals surface area contributed by atoms with Crippen molar-refractivity contribution in [3.8, 4) is 11.3 Å². The van der Waals surface area contributed by atoms with Gasteiger partial charge in [0.25, 0.3) is 0 Å². The van der Waals surface area contributed by atoms with E-state index < -0.39 is 23.5 Å². The minimum Gasteiger partial charge on any atom is -0.354 e. The third kappa shape index (κ3) is 3.45. The molecule has 0 bridgehead atoms. The number of carbonyl (C=O) groups excluding carboxylic acids is 2. The fraction of sp³-hybridized carbons (Fsp3) is 0.304. The summed E-state index contributed by atoms with van der Waals surface area (Å²) in [5.74, 6) is -2.51. The zero-order valence-electron chi connectivity index (χ0n) is 16.5. The lowest BCUT2D eigenvalue weighted by Crippen LogP contribution is -2.45. The zero-order valence-corrected chi connectivity index (χ0v) is 16.5. The first-order chi connectivity index (χ1) is 14.9. The van der Waals surface area contributed by atoms with Crippen LogP contribution in [-0.2, 0) is 9.59 Å². The van der Waals surface area contributed by atoms with Crippen molar-refractivity contribution in [3.63, 3.8) is 0 Å². The molecule has 2 fully saturated rings. The van der Waals surface area contributed by atoms with E-state index in [0.717, 1.165) is 11.6 Å². The van der Waals surface area contributed by atoms with Gasteiger partial charge in [-0.2, -0.15) is 0 Å². The molecule has 3 N–H and O–H groups in total. The first kappa shape index (κ1) is 19.7. The van der Waals surface area contributed by atoms with Crippen LogP contribution in [0.3, 0.4) is 0 Å². The second kappa shape index (κ2) is 7.44. The van der Waals surface area contributed by atoms with Crippen molar-refractivity contribution in [2.45, 2.75) is 31.2 Å². The van der Waals surface area contributed by atoms with Crippen LogP contribution in [0.1, 0.15) is 30.7 Å². The molecule has 1 atom stereocenters. The normalized spacial score (nSPS) is 22.9. The summed E-state index contributed by atoms with van der Waals surface area (Å²) in [7, 11) is 0. The summed E-state index contributed by atoms with van der Waals surface area (Å²) in [5.41, 5.74) is 2.16. The molecule has 1 aromatic heterocycles. The fourth-order valence-electron chi connectivity index (χ4n) is 4.60. The Balaban J connectivity index is 1.45. The molecule has 2 heterocycles. The highest BCUT2D eigenvalue weighted by Gasteiger charge is 2.40. The number of aromatic nitrogens is 1. The van der Waals surface area contributed by atoms with Crippen LogP contribution < -0.4 is 10.6 Å². The van der Waals surface area contributed by atoms with Gasteiger partial charge < -0.3 is 15.6 Å². The molecule has 5 rings (SSSR count). The number of fused-ring (bicyclic) bond motifs is 1. The molecule has 1 saturated carbocycles. The number of H-pyrrole nitrogens is 1. The van der Waals surface area contributed by atoms with E-state index in [0.29, 0.717) is 42.5 Å². The largest absolute Gasteiger partial charge is 0.354 e. The van der Waals surface area contributed by atoms with Crippen molar-refractivity contribution in [3.05, 3.63) is 59.4 Å². The van der Waals surface area contributed by atoms with Crippen LogP contribution in [-0.4, -0.2) is 29.4 Å². The standard InChI is InChI=1S/C23H20F3N3O2/c24-14-3-1-11(2-4-14)20-19(16-9-15(25)10-17(26)21(16)29-20)12-7-13(8-12)22(30)28-18-5-6-27-23(18)31/h1-4,9-10,12-13,18,29H,5-8H2,(H,27,31)(H,28,30)/t12?,13?,18-/m0/s1. The number of hydrogen-bond donors (Lipinski definition) is 3. The molecule has 1 saturated heterocycles. The van der Waals surface area contributed by atoms with Gasteiger partial charge in [0.05, 0.1) is 11.2 Å². The van der Waals surface area contributed by atoms with Gasteiger partial charge in [0, 0.05) is 23.9 Å². The number of amides is 2. The lowest BCUT2D eigenvalue weighted by molar-refractivity contribution is -0.132. The summed E-state index contributed by atoms with van der Waals surface area (Å²) < 4.78 is 41.8. The lowest BCUT2D eigenvalue weighted by Gasteiger charge is -2.35. The van der Waals surface area contributed by atoms with Crippen molar-refractivity contribution in [1.82, 2.24) is 15.6 Å². The van der Waals surface area contributed by atoms with Gasteiger partial charge in [-0.1, -0.05) is 0 Å². The molecule has 8 heteroatoms. The highest BCUT2D eigenvalue weighted by Crippen LogP contribution is 2.48. The topological polar surface area (TPSA) is 74.0 Å². The summed E-state index contributed by atoms with van der Waals surface area (Å²) in [5, 5.41) is 5.90. The van der Waals surface area contributed by atoms with E-state index in [2.05, 4.69) is 15.6 Å². The summed E-state index contributed by atoms with van der Waals surface area (Å²) in [6.07, 6.45) is 1.56. The number of halogens is 3. The number of aromatic amines is 1. The monoisotopic (exact) mass is 427 g/mol. The van der Waals surface area contributed by atoms with E-state index in [1.165, 1.54) is 18.2 Å². The van der Waals surface area contributed by atoms with Crippen molar-refractivity contribution >= 4 is 22.7 Å². The van der Waals surface area contributed by atoms with Gasteiger partial charge in [-0.25, -0.2) is 13.2 Å². The van der Waals surface area contributed by atoms with Crippen LogP contribution in [0.25, 0.3) is 22.2 Å². The van der Waals surface area contributed by atoms with Gasteiger partial charge in [-0.05, 0) is 66.6 Å². The molecule has 2 aliphatic rings. The summed E-state index contributed by atoms with van der Waals surface area (Å²) >= 11 is 0. The second-order valence-corrected chi connectivity index (χ2v) is 8.24. The summed E-state index contributed by atoms with van der Waals surface area (Å²) in [6.45, 7) is 0.546. The third-order valence-electron chi connectivity index (χ3n) is 6.28. The maximum absolute atomic E-state index is 14.4. The number of hydrogen-bond acceptors (Lipinski definition) is 2. The Bertz CT molecular complexity index is 1180. The molecule has 1 aliphatic heterocycles. The quantitative estimate of drug-likeness (QED) is 0.593. The van der Waals surface area contributed by atoms with Gasteiger partial charge >= 0.3 is 0 Å². The van der Waals surface area contributed by atoms with E-state index in [-0.39, 0.29) is 29.2 Å². The first-order valence-electron chi connectivity index (χ1n) is 10.3. The molecule has 1 aliphatic carbocycles. The molecule has 5 nitrogen and oxygen atoms in total. The molecule has 160 valence electrons. The minimum absolute atomic E-state index is 0.0943. The summed E-state index contributed by atoms with van der Waals surface area (Å²) in [4.78, 5) is 27.3. The summed E-state index contributed by atoms with van der Waals surface area (Å²) in [6, 6.07) is 7.39. The van der Waals surface area contributed by atoms with Crippen molar-refractivity contribution in [2.75, 3.05) is 6.54 Å². The van der Waals surface area contributed by atoms with Crippen molar-refractivity contribution in [1.29, 1.82) is 0 Å². The lowest BCUT2D eigenvalue weighted by atomic mass is 9.69. The molecule has 0 spiro atoms. The van der Waals surface area contributed by atoms with E-state index >= 15 is 0 Å². The van der Waals surface area contributed by atoms with Crippen LogP contribution >= 0.6 is 0 Å². The zero-order chi connectivity index (χ0) is 21.7. The van der Waals surface area contributed by atoms with Gasteiger partial charge in [0.15, 0.2) is 0 Å². The molecule has 3 aromatic rings. The van der Waals surface area contributed by atoms with E-state index in [1.807, 2.05) is 0 Å². The van der Waals surface area contributed by atoms with E-state index in [1.54, 1.807) is 12.1 Å². The Morgan fingerprint density at radius 2 is 1.77 bits per heavy atom. The number of benzene rings is 2. The average Bonchev–Trinajstić information content (AvgIpc) is 3.26. The fourth-order valence-corrected chi connectivity index (χ4v) is 4.60. The van der Waals surface area contributed by atoms with Crippen LogP contribution in [0.4, 0.5) is 13.2 Å². The number of carbonyl (C=O) groups is 2. The Hall–Kier alpha value is -3.29. The highest BCUT2D eigenvalue weighted by atomic mass is 19.1. The Morgan fingerprint density at radius 1 is 1.03 bits per heavy atom. The first-order valence-corrected chi connectivity index (χ1v) is 10.3. The number of rotatable bonds is 4. The van der Waals surface area contributed by atoms with Gasteiger partial charge in [-0.15, -0.1) is 0 Å². The Kier molecular flexibility index (Phi) is 4.72. The number of nitrogens with one attached hydrogen (secondary N) is 3. The predicted molar refractivity (Wildman–Crippen MR) is 109 cm³/mol. The molecular formula is C23H20F3N3O2. The maximum Gasteiger partial charge on any atom is 0.242 e. The average molecular weight is 427 g/mol. The van der Waals surface area contributed by atoms with Gasteiger partial charge in [-0.3, -0.25) is 9.59 Å². The van der Waals surface area contributed by atoms with Gasteiger partial charge in [0.1, 0.15) is 23.5 Å². The minimum atomic E-state index is -0.703. The molecular weight excluding hydrogens is 407 g/mol. The van der Waals surface area contributed by atoms with Crippen LogP contribution in [0.5, 0.6) is 0 Å². The predicted octanol–water partition coefficient (Wildman–Crippen LogP) is 3.75. The van der Waals surface area contributed by atoms with Crippen LogP contribution in [0.15, 0.2) is 36.4 Å². The maximum atomic E-state index is 14.4. The SMILES string of the molecule is O=C(N[C@H]1CCNC1=O)C1CC(c2c(-c3ccc(F)cc3)[nH]c3c(F)cc(F)cc23)C1. The molecule has 2 aromatic carbocycles. The smallest absolute Gasteiger partial charge is 0.242 e. The van der Waals surface area contributed by atoms with Crippen LogP contribution in [0.2, 0.25) is 0 Å². The molecule has 0 radical (unpaired) electrons. The Labute approximate surface area is 176 Å². The Morgan fingerprint density at radius 3 is 2.45 bits per heavy atom. The molecule has 31 heavy (non-hydrogen) atoms. The van der Waals surface area contributed by atoms with Crippen molar-refractivity contribution < 1.29 is 22.8 Å². The second-order valence-electron chi connectivity index (χ2n) is 8.24. The van der Waals surface area contributed by atoms with Crippen LogP contribution in [0, 0.1) is 23.4 Å². The molecule has 0 unspecified atom stereocenters. The third-order valence-corrected chi connectivity index (χ3v) is 6.28. The van der Waals surface area contributed by atoms with E-state index in [4.69, 9.17) is 0 Å². The van der Waals surface area contributed by atoms with E-state index in [9.17, 15) is 22.8 Å².